The molecule has 2 rings (SSSR count). The van der Waals surface area contributed by atoms with Crippen molar-refractivity contribution in [1.29, 1.82) is 0 Å². The van der Waals surface area contributed by atoms with Crippen molar-refractivity contribution in [2.45, 2.75) is 19.9 Å². The van der Waals surface area contributed by atoms with Crippen molar-refractivity contribution >= 4 is 33.2 Å². The summed E-state index contributed by atoms with van der Waals surface area (Å²) in [5.41, 5.74) is 1.14. The number of carbonyl (C=O) groups excluding carboxylic acids is 1. The maximum atomic E-state index is 12.5. The van der Waals surface area contributed by atoms with Crippen LogP contribution in [0, 0.1) is 6.92 Å². The predicted octanol–water partition coefficient (Wildman–Crippen LogP) is 1.25. The van der Waals surface area contributed by atoms with Gasteiger partial charge in [-0.3, -0.25) is 14.0 Å². The summed E-state index contributed by atoms with van der Waals surface area (Å²) in [6.45, 7) is 7.58. The molecule has 1 N–H and O–H groups in total. The number of nitrogens with zero attached hydrogens (tertiary/aromatic N) is 2. The Morgan fingerprint density at radius 3 is 2.65 bits per heavy atom. The van der Waals surface area contributed by atoms with Gasteiger partial charge in [-0.2, -0.15) is 0 Å². The largest absolute Gasteiger partial charge is 0.379 e. The number of hydrogen-bond donors (Lipinski definition) is 1. The van der Waals surface area contributed by atoms with Crippen molar-refractivity contribution in [3.63, 3.8) is 0 Å². The molecule has 0 unspecified atom stereocenters. The van der Waals surface area contributed by atoms with E-state index < -0.39 is 16.1 Å². The number of amides is 1. The number of nitrogens with one attached hydrogen (secondary N) is 1. The van der Waals surface area contributed by atoms with Crippen LogP contribution in [0.1, 0.15) is 12.5 Å². The van der Waals surface area contributed by atoms with Crippen LogP contribution in [0.25, 0.3) is 0 Å². The van der Waals surface area contributed by atoms with Gasteiger partial charge in [-0.1, -0.05) is 17.7 Å². The third-order valence-corrected chi connectivity index (χ3v) is 5.79. The van der Waals surface area contributed by atoms with Gasteiger partial charge in [-0.05, 0) is 31.5 Å². The summed E-state index contributed by atoms with van der Waals surface area (Å²) in [7, 11) is -3.66. The molecule has 0 radical (unpaired) electrons. The predicted molar refractivity (Wildman–Crippen MR) is 103 cm³/mol. The number of aryl methyl sites for hydroxylation is 1. The molecule has 1 fully saturated rings. The molecule has 1 aliphatic rings. The lowest BCUT2D eigenvalue weighted by Crippen LogP contribution is -2.50. The Kier molecular flexibility index (Phi) is 7.28. The van der Waals surface area contributed by atoms with E-state index in [1.165, 1.54) is 0 Å². The normalized spacial score (nSPS) is 16.9. The lowest BCUT2D eigenvalue weighted by molar-refractivity contribution is -0.121. The quantitative estimate of drug-likeness (QED) is 0.741. The number of rotatable bonds is 7. The first-order chi connectivity index (χ1) is 12.2. The molecule has 9 heteroatoms. The van der Waals surface area contributed by atoms with E-state index in [1.807, 2.05) is 0 Å². The molecule has 1 amide bonds. The fraction of sp³-hybridized carbons (Fsp3) is 0.588. The SMILES string of the molecule is Cc1ccc(Cl)cc1N([C@@H](C)C(=O)NCCN1CCOCC1)S(C)(=O)=O. The van der Waals surface area contributed by atoms with E-state index in [-0.39, 0.29) is 5.91 Å². The van der Waals surface area contributed by atoms with Crippen molar-refractivity contribution in [2.24, 2.45) is 0 Å². The first-order valence-corrected chi connectivity index (χ1v) is 10.8. The second-order valence-corrected chi connectivity index (χ2v) is 8.71. The van der Waals surface area contributed by atoms with Crippen LogP contribution < -0.4 is 9.62 Å². The van der Waals surface area contributed by atoms with Gasteiger partial charge in [-0.25, -0.2) is 8.42 Å². The Labute approximate surface area is 160 Å². The summed E-state index contributed by atoms with van der Waals surface area (Å²) in [4.78, 5) is 14.7. The maximum Gasteiger partial charge on any atom is 0.243 e. The second kappa shape index (κ2) is 9.03. The molecule has 146 valence electrons. The zero-order chi connectivity index (χ0) is 19.3. The molecule has 0 aliphatic carbocycles. The number of carbonyl (C=O) groups is 1. The van der Waals surface area contributed by atoms with Crippen molar-refractivity contribution in [1.82, 2.24) is 10.2 Å². The summed E-state index contributed by atoms with van der Waals surface area (Å²) >= 11 is 6.03. The fourth-order valence-corrected chi connectivity index (χ4v) is 4.30. The Balaban J connectivity index is 2.07. The van der Waals surface area contributed by atoms with Crippen LogP contribution in [-0.4, -0.2) is 70.9 Å². The van der Waals surface area contributed by atoms with E-state index in [1.54, 1.807) is 32.0 Å². The molecule has 1 aromatic rings. The van der Waals surface area contributed by atoms with Crippen molar-refractivity contribution in [3.05, 3.63) is 28.8 Å². The second-order valence-electron chi connectivity index (χ2n) is 6.41. The molecule has 0 spiro atoms. The third kappa shape index (κ3) is 5.57. The number of benzene rings is 1. The standard InChI is InChI=1S/C17H26ClN3O4S/c1-13-4-5-15(18)12-16(13)21(26(3,23)24)14(2)17(22)19-6-7-20-8-10-25-11-9-20/h4-5,12,14H,6-11H2,1-3H3,(H,19,22)/t14-/m0/s1. The first-order valence-electron chi connectivity index (χ1n) is 8.53. The smallest absolute Gasteiger partial charge is 0.243 e. The van der Waals surface area contributed by atoms with E-state index in [2.05, 4.69) is 10.2 Å². The van der Waals surface area contributed by atoms with Gasteiger partial charge in [0.25, 0.3) is 0 Å². The van der Waals surface area contributed by atoms with Gasteiger partial charge in [0, 0.05) is 31.2 Å². The van der Waals surface area contributed by atoms with Crippen LogP contribution in [0.15, 0.2) is 18.2 Å². The molecule has 1 aliphatic heterocycles. The molecule has 1 saturated heterocycles. The molecule has 1 heterocycles. The van der Waals surface area contributed by atoms with E-state index >= 15 is 0 Å². The van der Waals surface area contributed by atoms with Gasteiger partial charge < -0.3 is 10.1 Å². The Bertz CT molecular complexity index is 736. The maximum absolute atomic E-state index is 12.5. The van der Waals surface area contributed by atoms with Gasteiger partial charge in [0.2, 0.25) is 15.9 Å². The van der Waals surface area contributed by atoms with Gasteiger partial charge in [0.1, 0.15) is 6.04 Å². The fourth-order valence-electron chi connectivity index (χ4n) is 2.91. The summed E-state index contributed by atoms with van der Waals surface area (Å²) < 4.78 is 31.1. The number of sulfonamides is 1. The molecular formula is C17H26ClN3O4S. The monoisotopic (exact) mass is 403 g/mol. The highest BCUT2D eigenvalue weighted by Gasteiger charge is 2.30. The van der Waals surface area contributed by atoms with Crippen LogP contribution in [0.4, 0.5) is 5.69 Å². The third-order valence-electron chi connectivity index (χ3n) is 4.33. The van der Waals surface area contributed by atoms with E-state index in [4.69, 9.17) is 16.3 Å². The van der Waals surface area contributed by atoms with Crippen molar-refractivity contribution < 1.29 is 17.9 Å². The minimum absolute atomic E-state index is 0.344. The molecular weight excluding hydrogens is 378 g/mol. The number of ether oxygens (including phenoxy) is 1. The van der Waals surface area contributed by atoms with Gasteiger partial charge in [0.05, 0.1) is 25.2 Å². The van der Waals surface area contributed by atoms with Gasteiger partial charge in [0.15, 0.2) is 0 Å². The molecule has 1 aromatic carbocycles. The summed E-state index contributed by atoms with van der Waals surface area (Å²) in [5, 5.41) is 3.24. The van der Waals surface area contributed by atoms with Crippen LogP contribution in [0.2, 0.25) is 5.02 Å². The zero-order valence-corrected chi connectivity index (χ0v) is 16.9. The topological polar surface area (TPSA) is 79.0 Å². The molecule has 1 atom stereocenters. The van der Waals surface area contributed by atoms with E-state index in [9.17, 15) is 13.2 Å². The number of morpholine rings is 1. The molecule has 0 bridgehead atoms. The van der Waals surface area contributed by atoms with E-state index in [0.29, 0.717) is 37.0 Å². The van der Waals surface area contributed by atoms with Crippen molar-refractivity contribution in [2.75, 3.05) is 50.0 Å². The van der Waals surface area contributed by atoms with Gasteiger partial charge in [-0.15, -0.1) is 0 Å². The number of hydrogen-bond acceptors (Lipinski definition) is 5. The van der Waals surface area contributed by atoms with E-state index in [0.717, 1.165) is 29.2 Å². The highest BCUT2D eigenvalue weighted by Crippen LogP contribution is 2.28. The average Bonchev–Trinajstić information content (AvgIpc) is 2.57. The van der Waals surface area contributed by atoms with Crippen LogP contribution in [0.5, 0.6) is 0 Å². The van der Waals surface area contributed by atoms with Crippen LogP contribution in [-0.2, 0) is 19.6 Å². The number of halogens is 1. The number of anilines is 1. The minimum atomic E-state index is -3.66. The highest BCUT2D eigenvalue weighted by atomic mass is 35.5. The first kappa shape index (κ1) is 21.0. The zero-order valence-electron chi connectivity index (χ0n) is 15.4. The summed E-state index contributed by atoms with van der Waals surface area (Å²) in [5.74, 6) is -0.344. The summed E-state index contributed by atoms with van der Waals surface area (Å²) in [6, 6.07) is 4.11. The van der Waals surface area contributed by atoms with Crippen LogP contribution >= 0.6 is 11.6 Å². The molecule has 7 nitrogen and oxygen atoms in total. The molecule has 0 aromatic heterocycles. The van der Waals surface area contributed by atoms with Gasteiger partial charge >= 0.3 is 0 Å². The van der Waals surface area contributed by atoms with Crippen molar-refractivity contribution in [3.8, 4) is 0 Å². The lowest BCUT2D eigenvalue weighted by Gasteiger charge is -2.30. The van der Waals surface area contributed by atoms with Crippen LogP contribution in [0.3, 0.4) is 0 Å². The average molecular weight is 404 g/mol. The molecule has 26 heavy (non-hydrogen) atoms. The molecule has 0 saturated carbocycles. The Hall–Kier alpha value is -1.35. The highest BCUT2D eigenvalue weighted by molar-refractivity contribution is 7.92. The minimum Gasteiger partial charge on any atom is -0.379 e. The Morgan fingerprint density at radius 1 is 1.38 bits per heavy atom. The Morgan fingerprint density at radius 2 is 2.04 bits per heavy atom. The lowest BCUT2D eigenvalue weighted by atomic mass is 10.2. The summed E-state index contributed by atoms with van der Waals surface area (Å²) in [6.07, 6.45) is 1.09.